The van der Waals surface area contributed by atoms with Crippen molar-refractivity contribution in [2.75, 3.05) is 0 Å². The van der Waals surface area contributed by atoms with E-state index in [1.807, 2.05) is 0 Å². The van der Waals surface area contributed by atoms with Gasteiger partial charge in [-0.1, -0.05) is 42.6 Å². The second-order valence-electron chi connectivity index (χ2n) is 5.63. The highest BCUT2D eigenvalue weighted by Crippen LogP contribution is 2.40. The monoisotopic (exact) mass is 238 g/mol. The van der Waals surface area contributed by atoms with Crippen molar-refractivity contribution < 1.29 is 0 Å². The molecule has 0 bridgehead atoms. The molecule has 0 amide bonds. The van der Waals surface area contributed by atoms with Gasteiger partial charge in [0.2, 0.25) is 0 Å². The summed E-state index contributed by atoms with van der Waals surface area (Å²) < 4.78 is 0. The van der Waals surface area contributed by atoms with Crippen molar-refractivity contribution in [3.05, 3.63) is 47.1 Å². The Morgan fingerprint density at radius 3 is 2.67 bits per heavy atom. The van der Waals surface area contributed by atoms with Gasteiger partial charge in [-0.3, -0.25) is 0 Å². The third-order valence-corrected chi connectivity index (χ3v) is 3.62. The molecule has 1 fully saturated rings. The average Bonchev–Trinajstić information content (AvgIpc) is 2.36. The highest BCUT2D eigenvalue weighted by molar-refractivity contribution is 5.56. The smallest absolute Gasteiger partial charge is 0.0363 e. The van der Waals surface area contributed by atoms with Crippen LogP contribution in [-0.2, 0) is 0 Å². The van der Waals surface area contributed by atoms with Crippen LogP contribution in [0.5, 0.6) is 0 Å². The summed E-state index contributed by atoms with van der Waals surface area (Å²) in [6.07, 6.45) is 10.6. The van der Waals surface area contributed by atoms with E-state index in [0.717, 1.165) is 11.5 Å². The second-order valence-corrected chi connectivity index (χ2v) is 5.63. The van der Waals surface area contributed by atoms with E-state index in [1.54, 1.807) is 0 Å². The first-order valence-corrected chi connectivity index (χ1v) is 6.85. The van der Waals surface area contributed by atoms with Gasteiger partial charge in [0.25, 0.3) is 0 Å². The lowest BCUT2D eigenvalue weighted by Gasteiger charge is -2.30. The maximum atomic E-state index is 4.22. The highest BCUT2D eigenvalue weighted by atomic mass is 14.3. The summed E-state index contributed by atoms with van der Waals surface area (Å²) >= 11 is 0. The third kappa shape index (κ3) is 2.85. The van der Waals surface area contributed by atoms with Gasteiger partial charge < -0.3 is 0 Å². The molecular formula is C18H22. The Kier molecular flexibility index (Phi) is 3.92. The Morgan fingerprint density at radius 2 is 2.11 bits per heavy atom. The minimum absolute atomic E-state index is 0.355. The SMILES string of the molecule is C=C(C=C(C)C)C1=CC#CC(C)C=C1C1CCC1. The summed E-state index contributed by atoms with van der Waals surface area (Å²) in [6.45, 7) is 10.6. The van der Waals surface area contributed by atoms with Crippen molar-refractivity contribution in [1.82, 2.24) is 0 Å². The molecule has 94 valence electrons. The molecule has 2 rings (SSSR count). The van der Waals surface area contributed by atoms with E-state index >= 15 is 0 Å². The molecule has 0 saturated heterocycles. The minimum atomic E-state index is 0.355. The van der Waals surface area contributed by atoms with Crippen molar-refractivity contribution in [3.63, 3.8) is 0 Å². The topological polar surface area (TPSA) is 0 Å². The standard InChI is InChI=1S/C18H22/c1-13(2)11-15(4)17-10-5-7-14(3)12-18(17)16-8-6-9-16/h10-12,14,16H,4,6,8-9H2,1-3H3. The molecule has 0 aromatic rings. The Hall–Kier alpha value is -1.48. The van der Waals surface area contributed by atoms with Crippen LogP contribution >= 0.6 is 0 Å². The van der Waals surface area contributed by atoms with Gasteiger partial charge in [0, 0.05) is 5.92 Å². The molecule has 0 aliphatic heterocycles. The molecule has 18 heavy (non-hydrogen) atoms. The molecule has 0 aromatic heterocycles. The van der Waals surface area contributed by atoms with Crippen LogP contribution < -0.4 is 0 Å². The van der Waals surface area contributed by atoms with Gasteiger partial charge in [-0.25, -0.2) is 0 Å². The zero-order valence-corrected chi connectivity index (χ0v) is 11.7. The van der Waals surface area contributed by atoms with E-state index in [1.165, 1.54) is 36.0 Å². The van der Waals surface area contributed by atoms with Gasteiger partial charge in [-0.15, -0.1) is 0 Å². The van der Waals surface area contributed by atoms with Gasteiger partial charge in [-0.05, 0) is 62.3 Å². The van der Waals surface area contributed by atoms with Crippen molar-refractivity contribution in [2.24, 2.45) is 11.8 Å². The fraction of sp³-hybridized carbons (Fsp3) is 0.444. The summed E-state index contributed by atoms with van der Waals surface area (Å²) in [5.41, 5.74) is 5.13. The second kappa shape index (κ2) is 5.44. The molecule has 0 heteroatoms. The van der Waals surface area contributed by atoms with Gasteiger partial charge in [0.05, 0.1) is 0 Å². The first-order chi connectivity index (χ1) is 8.58. The molecule has 0 radical (unpaired) electrons. The maximum absolute atomic E-state index is 4.22. The van der Waals surface area contributed by atoms with Crippen molar-refractivity contribution in [2.45, 2.75) is 40.0 Å². The third-order valence-electron chi connectivity index (χ3n) is 3.62. The fourth-order valence-corrected chi connectivity index (χ4v) is 2.51. The minimum Gasteiger partial charge on any atom is -0.0912 e. The van der Waals surface area contributed by atoms with Crippen LogP contribution in [0.1, 0.15) is 40.0 Å². The highest BCUT2D eigenvalue weighted by Gasteiger charge is 2.25. The normalized spacial score (nSPS) is 22.7. The molecule has 2 aliphatic rings. The first-order valence-electron chi connectivity index (χ1n) is 6.85. The van der Waals surface area contributed by atoms with E-state index in [4.69, 9.17) is 0 Å². The van der Waals surface area contributed by atoms with Crippen LogP contribution in [0.3, 0.4) is 0 Å². The zero-order valence-electron chi connectivity index (χ0n) is 11.7. The summed E-state index contributed by atoms with van der Waals surface area (Å²) in [4.78, 5) is 0. The van der Waals surface area contributed by atoms with Gasteiger partial charge in [0.15, 0.2) is 0 Å². The molecule has 1 unspecified atom stereocenters. The number of rotatable bonds is 3. The quantitative estimate of drug-likeness (QED) is 0.488. The van der Waals surface area contributed by atoms with Crippen molar-refractivity contribution >= 4 is 0 Å². The van der Waals surface area contributed by atoms with Crippen molar-refractivity contribution in [1.29, 1.82) is 0 Å². The summed E-state index contributed by atoms with van der Waals surface area (Å²) in [7, 11) is 0. The van der Waals surface area contributed by atoms with Gasteiger partial charge >= 0.3 is 0 Å². The average molecular weight is 238 g/mol. The van der Waals surface area contributed by atoms with Crippen LogP contribution in [-0.4, -0.2) is 0 Å². The molecule has 2 aliphatic carbocycles. The van der Waals surface area contributed by atoms with Crippen LogP contribution in [0.2, 0.25) is 0 Å². The van der Waals surface area contributed by atoms with E-state index in [0.29, 0.717) is 5.92 Å². The van der Waals surface area contributed by atoms with Gasteiger partial charge in [0.1, 0.15) is 0 Å². The Labute approximate surface area is 111 Å². The lowest BCUT2D eigenvalue weighted by atomic mass is 9.74. The fourth-order valence-electron chi connectivity index (χ4n) is 2.51. The Morgan fingerprint density at radius 1 is 1.39 bits per heavy atom. The van der Waals surface area contributed by atoms with Crippen LogP contribution in [0.25, 0.3) is 0 Å². The summed E-state index contributed by atoms with van der Waals surface area (Å²) in [5, 5.41) is 0. The number of hydrogen-bond acceptors (Lipinski definition) is 0. The molecule has 0 N–H and O–H groups in total. The Balaban J connectivity index is 2.33. The molecule has 0 spiro atoms. The molecule has 0 nitrogen and oxygen atoms in total. The number of allylic oxidation sites excluding steroid dienone is 7. The van der Waals surface area contributed by atoms with E-state index < -0.39 is 0 Å². The zero-order chi connectivity index (χ0) is 13.1. The molecule has 0 heterocycles. The van der Waals surface area contributed by atoms with E-state index in [9.17, 15) is 0 Å². The predicted molar refractivity (Wildman–Crippen MR) is 79.0 cm³/mol. The molecule has 1 atom stereocenters. The maximum Gasteiger partial charge on any atom is 0.0363 e. The van der Waals surface area contributed by atoms with E-state index in [-0.39, 0.29) is 0 Å². The lowest BCUT2D eigenvalue weighted by molar-refractivity contribution is 0.370. The number of hydrogen-bond donors (Lipinski definition) is 0. The predicted octanol–water partition coefficient (Wildman–Crippen LogP) is 4.81. The lowest BCUT2D eigenvalue weighted by Crippen LogP contribution is -2.16. The largest absolute Gasteiger partial charge is 0.0912 e. The Bertz CT molecular complexity index is 492. The van der Waals surface area contributed by atoms with Crippen LogP contribution in [0.4, 0.5) is 0 Å². The molecule has 0 aromatic carbocycles. The van der Waals surface area contributed by atoms with Gasteiger partial charge in [-0.2, -0.15) is 0 Å². The first kappa shape index (κ1) is 13.0. The molecule has 1 saturated carbocycles. The summed E-state index contributed by atoms with van der Waals surface area (Å²) in [6, 6.07) is 0. The van der Waals surface area contributed by atoms with Crippen LogP contribution in [0.15, 0.2) is 47.1 Å². The van der Waals surface area contributed by atoms with Crippen LogP contribution in [0, 0.1) is 23.7 Å². The summed E-state index contributed by atoms with van der Waals surface area (Å²) in [5.74, 6) is 7.51. The molecular weight excluding hydrogens is 216 g/mol. The van der Waals surface area contributed by atoms with Crippen molar-refractivity contribution in [3.8, 4) is 11.8 Å². The van der Waals surface area contributed by atoms with E-state index in [2.05, 4.69) is 57.4 Å².